The van der Waals surface area contributed by atoms with Crippen LogP contribution in [0, 0.1) is 5.92 Å². The summed E-state index contributed by atoms with van der Waals surface area (Å²) in [5, 5.41) is 10.5. The van der Waals surface area contributed by atoms with E-state index in [1.165, 1.54) is 12.8 Å². The van der Waals surface area contributed by atoms with E-state index >= 15 is 0 Å². The van der Waals surface area contributed by atoms with Crippen LogP contribution in [0.2, 0.25) is 5.02 Å². The van der Waals surface area contributed by atoms with Crippen molar-refractivity contribution in [2.24, 2.45) is 5.92 Å². The first-order valence-corrected chi connectivity index (χ1v) is 5.97. The Morgan fingerprint density at radius 1 is 1.50 bits per heavy atom. The van der Waals surface area contributed by atoms with Gasteiger partial charge in [-0.25, -0.2) is 0 Å². The summed E-state index contributed by atoms with van der Waals surface area (Å²) < 4.78 is 0.949. The molecule has 0 spiro atoms. The highest BCUT2D eigenvalue weighted by Gasteiger charge is 2.25. The van der Waals surface area contributed by atoms with Gasteiger partial charge in [-0.2, -0.15) is 0 Å². The lowest BCUT2D eigenvalue weighted by Crippen LogP contribution is -1.99. The van der Waals surface area contributed by atoms with E-state index in [2.05, 4.69) is 15.9 Å². The summed E-state index contributed by atoms with van der Waals surface area (Å²) in [5.41, 5.74) is 0.849. The second-order valence-corrected chi connectivity index (χ2v) is 5.18. The molecule has 3 heteroatoms. The molecule has 0 aliphatic heterocycles. The lowest BCUT2D eigenvalue weighted by molar-refractivity contribution is 0.160. The molecule has 2 rings (SSSR count). The highest BCUT2D eigenvalue weighted by atomic mass is 79.9. The Labute approximate surface area is 97.2 Å². The van der Waals surface area contributed by atoms with E-state index < -0.39 is 6.10 Å². The van der Waals surface area contributed by atoms with Crippen molar-refractivity contribution in [3.8, 4) is 0 Å². The van der Waals surface area contributed by atoms with Crippen LogP contribution in [-0.2, 0) is 0 Å². The average Bonchev–Trinajstić information content (AvgIpc) is 2.87. The SMILES string of the molecule is OC(CC1CC1)c1ccc(Br)cc1Cl. The number of aliphatic hydroxyl groups excluding tert-OH is 1. The molecule has 1 unspecified atom stereocenters. The van der Waals surface area contributed by atoms with E-state index in [0.29, 0.717) is 10.9 Å². The zero-order chi connectivity index (χ0) is 10.1. The van der Waals surface area contributed by atoms with Crippen molar-refractivity contribution in [3.05, 3.63) is 33.3 Å². The molecule has 1 saturated carbocycles. The van der Waals surface area contributed by atoms with Crippen LogP contribution in [0.3, 0.4) is 0 Å². The van der Waals surface area contributed by atoms with Crippen molar-refractivity contribution in [2.45, 2.75) is 25.4 Å². The van der Waals surface area contributed by atoms with Crippen LogP contribution in [0.4, 0.5) is 0 Å². The normalized spacial score (nSPS) is 18.2. The predicted molar refractivity (Wildman–Crippen MR) is 61.5 cm³/mol. The minimum atomic E-state index is -0.400. The van der Waals surface area contributed by atoms with Gasteiger partial charge in [0.1, 0.15) is 0 Å². The summed E-state index contributed by atoms with van der Waals surface area (Å²) >= 11 is 9.38. The Bertz CT molecular complexity index is 336. The third-order valence-electron chi connectivity index (χ3n) is 2.58. The van der Waals surface area contributed by atoms with Gasteiger partial charge in [0.05, 0.1) is 6.10 Å². The highest BCUT2D eigenvalue weighted by Crippen LogP contribution is 2.39. The van der Waals surface area contributed by atoms with E-state index in [-0.39, 0.29) is 0 Å². The Kier molecular flexibility index (Phi) is 3.15. The number of hydrogen-bond donors (Lipinski definition) is 1. The smallest absolute Gasteiger partial charge is 0.0807 e. The van der Waals surface area contributed by atoms with Crippen molar-refractivity contribution in [3.63, 3.8) is 0 Å². The number of hydrogen-bond acceptors (Lipinski definition) is 1. The molecule has 1 atom stereocenters. The largest absolute Gasteiger partial charge is 0.388 e. The first-order chi connectivity index (χ1) is 6.66. The maximum atomic E-state index is 9.90. The van der Waals surface area contributed by atoms with Crippen molar-refractivity contribution < 1.29 is 5.11 Å². The second-order valence-electron chi connectivity index (χ2n) is 3.86. The molecule has 1 N–H and O–H groups in total. The third-order valence-corrected chi connectivity index (χ3v) is 3.40. The van der Waals surface area contributed by atoms with Gasteiger partial charge in [0.15, 0.2) is 0 Å². The summed E-state index contributed by atoms with van der Waals surface area (Å²) in [4.78, 5) is 0. The van der Waals surface area contributed by atoms with Gasteiger partial charge in [0, 0.05) is 9.50 Å². The van der Waals surface area contributed by atoms with Crippen LogP contribution in [0.1, 0.15) is 30.9 Å². The van der Waals surface area contributed by atoms with E-state index in [1.54, 1.807) is 0 Å². The molecule has 1 aromatic rings. The third kappa shape index (κ3) is 2.50. The highest BCUT2D eigenvalue weighted by molar-refractivity contribution is 9.10. The summed E-state index contributed by atoms with van der Waals surface area (Å²) in [6, 6.07) is 5.63. The number of rotatable bonds is 3. The zero-order valence-electron chi connectivity index (χ0n) is 7.71. The lowest BCUT2D eigenvalue weighted by atomic mass is 10.0. The molecule has 1 aliphatic rings. The molecule has 76 valence electrons. The van der Waals surface area contributed by atoms with Crippen molar-refractivity contribution in [2.75, 3.05) is 0 Å². The Morgan fingerprint density at radius 2 is 2.21 bits per heavy atom. The first kappa shape index (κ1) is 10.5. The molecule has 1 aromatic carbocycles. The predicted octanol–water partition coefficient (Wildman–Crippen LogP) is 3.94. The van der Waals surface area contributed by atoms with E-state index in [4.69, 9.17) is 11.6 Å². The van der Waals surface area contributed by atoms with Crippen LogP contribution in [0.5, 0.6) is 0 Å². The molecule has 1 fully saturated rings. The van der Waals surface area contributed by atoms with Crippen molar-refractivity contribution >= 4 is 27.5 Å². The van der Waals surface area contributed by atoms with Gasteiger partial charge >= 0.3 is 0 Å². The van der Waals surface area contributed by atoms with Gasteiger partial charge in [-0.3, -0.25) is 0 Å². The standard InChI is InChI=1S/C11H12BrClO/c12-8-3-4-9(10(13)6-8)11(14)5-7-1-2-7/h3-4,6-7,11,14H,1-2,5H2. The fourth-order valence-electron chi connectivity index (χ4n) is 1.57. The van der Waals surface area contributed by atoms with Crippen LogP contribution >= 0.6 is 27.5 Å². The van der Waals surface area contributed by atoms with Gasteiger partial charge < -0.3 is 5.11 Å². The minimum absolute atomic E-state index is 0.400. The monoisotopic (exact) mass is 274 g/mol. The van der Waals surface area contributed by atoms with Crippen molar-refractivity contribution in [1.82, 2.24) is 0 Å². The summed E-state index contributed by atoms with van der Waals surface area (Å²) in [6.07, 6.45) is 2.96. The second kappa shape index (κ2) is 4.21. The molecule has 1 nitrogen and oxygen atoms in total. The molecule has 0 saturated heterocycles. The lowest BCUT2D eigenvalue weighted by Gasteiger charge is -2.12. The summed E-state index contributed by atoms with van der Waals surface area (Å²) in [6.45, 7) is 0. The summed E-state index contributed by atoms with van der Waals surface area (Å²) in [5.74, 6) is 0.713. The van der Waals surface area contributed by atoms with Gasteiger partial charge in [-0.1, -0.05) is 46.4 Å². The van der Waals surface area contributed by atoms with Crippen LogP contribution < -0.4 is 0 Å². The molecule has 1 aliphatic carbocycles. The first-order valence-electron chi connectivity index (χ1n) is 4.80. The topological polar surface area (TPSA) is 20.2 Å². The van der Waals surface area contributed by atoms with Crippen LogP contribution in [-0.4, -0.2) is 5.11 Å². The Morgan fingerprint density at radius 3 is 2.79 bits per heavy atom. The van der Waals surface area contributed by atoms with Gasteiger partial charge in [0.2, 0.25) is 0 Å². The number of halogens is 2. The van der Waals surface area contributed by atoms with Gasteiger partial charge in [-0.15, -0.1) is 0 Å². The zero-order valence-corrected chi connectivity index (χ0v) is 10.1. The van der Waals surface area contributed by atoms with E-state index in [1.807, 2.05) is 18.2 Å². The summed E-state index contributed by atoms with van der Waals surface area (Å²) in [7, 11) is 0. The van der Waals surface area contributed by atoms with Crippen LogP contribution in [0.25, 0.3) is 0 Å². The maximum absolute atomic E-state index is 9.90. The molecule has 0 amide bonds. The quantitative estimate of drug-likeness (QED) is 0.886. The average molecular weight is 276 g/mol. The fraction of sp³-hybridized carbons (Fsp3) is 0.455. The number of aliphatic hydroxyl groups is 1. The maximum Gasteiger partial charge on any atom is 0.0807 e. The molecular weight excluding hydrogens is 263 g/mol. The van der Waals surface area contributed by atoms with E-state index in [0.717, 1.165) is 16.5 Å². The number of benzene rings is 1. The van der Waals surface area contributed by atoms with Crippen LogP contribution in [0.15, 0.2) is 22.7 Å². The fourth-order valence-corrected chi connectivity index (χ4v) is 2.37. The molecule has 14 heavy (non-hydrogen) atoms. The Balaban J connectivity index is 2.13. The Hall–Kier alpha value is -0.0500. The molecule has 0 heterocycles. The molecule has 0 bridgehead atoms. The van der Waals surface area contributed by atoms with Gasteiger partial charge in [0.25, 0.3) is 0 Å². The molecule has 0 radical (unpaired) electrons. The van der Waals surface area contributed by atoms with Crippen molar-refractivity contribution in [1.29, 1.82) is 0 Å². The molecule has 0 aromatic heterocycles. The minimum Gasteiger partial charge on any atom is -0.388 e. The van der Waals surface area contributed by atoms with E-state index in [9.17, 15) is 5.11 Å². The molecular formula is C11H12BrClO. The van der Waals surface area contributed by atoms with Gasteiger partial charge in [-0.05, 0) is 30.0 Å².